The standard InChI is InChI=1S/C16H25N3O/c1-10-9-13(14(15(17)18)11(2)19-10)20-12-5-7-16(3,4)8-6-12/h9,12H,5-8H2,1-4H3,(H3,17,18). The lowest BCUT2D eigenvalue weighted by atomic mass is 9.76. The first-order valence-corrected chi connectivity index (χ1v) is 7.28. The molecule has 0 bridgehead atoms. The zero-order valence-corrected chi connectivity index (χ0v) is 12.9. The smallest absolute Gasteiger partial charge is 0.134 e. The summed E-state index contributed by atoms with van der Waals surface area (Å²) in [5.41, 5.74) is 8.41. The number of nitrogen functional groups attached to an aromatic ring is 1. The van der Waals surface area contributed by atoms with Crippen molar-refractivity contribution in [3.05, 3.63) is 23.0 Å². The molecule has 1 aliphatic rings. The van der Waals surface area contributed by atoms with Crippen LogP contribution in [0.5, 0.6) is 5.75 Å². The van der Waals surface area contributed by atoms with Gasteiger partial charge in [-0.1, -0.05) is 13.8 Å². The van der Waals surface area contributed by atoms with Gasteiger partial charge in [-0.05, 0) is 44.9 Å². The summed E-state index contributed by atoms with van der Waals surface area (Å²) in [6, 6.07) is 1.89. The molecule has 0 aromatic carbocycles. The summed E-state index contributed by atoms with van der Waals surface area (Å²) in [6.07, 6.45) is 4.70. The van der Waals surface area contributed by atoms with E-state index in [1.807, 2.05) is 19.9 Å². The van der Waals surface area contributed by atoms with Crippen LogP contribution in [-0.2, 0) is 0 Å². The Morgan fingerprint density at radius 2 is 1.95 bits per heavy atom. The number of amidine groups is 1. The molecule has 0 aliphatic heterocycles. The largest absolute Gasteiger partial charge is 0.490 e. The number of pyridine rings is 1. The summed E-state index contributed by atoms with van der Waals surface area (Å²) < 4.78 is 6.14. The maximum Gasteiger partial charge on any atom is 0.134 e. The number of rotatable bonds is 3. The summed E-state index contributed by atoms with van der Waals surface area (Å²) in [5.74, 6) is 0.744. The van der Waals surface area contributed by atoms with Crippen molar-refractivity contribution in [3.8, 4) is 5.75 Å². The van der Waals surface area contributed by atoms with Crippen molar-refractivity contribution in [2.24, 2.45) is 11.1 Å². The van der Waals surface area contributed by atoms with Crippen molar-refractivity contribution in [2.45, 2.75) is 59.5 Å². The molecular formula is C16H25N3O. The second-order valence-electron chi connectivity index (χ2n) is 6.62. The van der Waals surface area contributed by atoms with Crippen molar-refractivity contribution in [1.82, 2.24) is 4.98 Å². The van der Waals surface area contributed by atoms with Gasteiger partial charge in [0.25, 0.3) is 0 Å². The van der Waals surface area contributed by atoms with Crippen LogP contribution in [-0.4, -0.2) is 16.9 Å². The quantitative estimate of drug-likeness (QED) is 0.656. The van der Waals surface area contributed by atoms with E-state index >= 15 is 0 Å². The average molecular weight is 275 g/mol. The van der Waals surface area contributed by atoms with E-state index < -0.39 is 0 Å². The fraction of sp³-hybridized carbons (Fsp3) is 0.625. The first kappa shape index (κ1) is 14.8. The minimum atomic E-state index is 0.0288. The molecule has 2 rings (SSSR count). The van der Waals surface area contributed by atoms with Crippen LogP contribution in [0.3, 0.4) is 0 Å². The first-order chi connectivity index (χ1) is 9.28. The molecule has 1 aliphatic carbocycles. The van der Waals surface area contributed by atoms with Crippen LogP contribution in [0.4, 0.5) is 0 Å². The summed E-state index contributed by atoms with van der Waals surface area (Å²) in [4.78, 5) is 4.37. The van der Waals surface area contributed by atoms with Gasteiger partial charge in [0, 0.05) is 11.8 Å². The molecule has 110 valence electrons. The number of aromatic nitrogens is 1. The molecule has 0 radical (unpaired) electrons. The fourth-order valence-corrected chi connectivity index (χ4v) is 2.88. The van der Waals surface area contributed by atoms with Crippen LogP contribution in [0.1, 0.15) is 56.5 Å². The Morgan fingerprint density at radius 1 is 1.35 bits per heavy atom. The Bertz CT molecular complexity index is 513. The van der Waals surface area contributed by atoms with Gasteiger partial charge in [-0.2, -0.15) is 0 Å². The van der Waals surface area contributed by atoms with Crippen LogP contribution in [0.25, 0.3) is 0 Å². The van der Waals surface area contributed by atoms with Crippen LogP contribution in [0, 0.1) is 24.7 Å². The molecule has 0 saturated heterocycles. The van der Waals surface area contributed by atoms with Gasteiger partial charge in [0.15, 0.2) is 0 Å². The van der Waals surface area contributed by atoms with E-state index in [1.54, 1.807) is 0 Å². The third-order valence-corrected chi connectivity index (χ3v) is 4.14. The van der Waals surface area contributed by atoms with E-state index in [0.717, 1.165) is 24.2 Å². The maximum atomic E-state index is 7.73. The van der Waals surface area contributed by atoms with Gasteiger partial charge in [0.2, 0.25) is 0 Å². The normalized spacial score (nSPS) is 18.8. The second-order valence-corrected chi connectivity index (χ2v) is 6.62. The van der Waals surface area contributed by atoms with Gasteiger partial charge < -0.3 is 10.5 Å². The molecule has 1 heterocycles. The molecule has 0 atom stereocenters. The molecule has 4 heteroatoms. The Kier molecular flexibility index (Phi) is 4.02. The summed E-state index contributed by atoms with van der Waals surface area (Å²) in [7, 11) is 0. The molecule has 4 nitrogen and oxygen atoms in total. The van der Waals surface area contributed by atoms with Crippen molar-refractivity contribution < 1.29 is 4.74 Å². The highest BCUT2D eigenvalue weighted by Gasteiger charge is 2.28. The number of nitrogens with one attached hydrogen (secondary N) is 1. The van der Waals surface area contributed by atoms with E-state index in [9.17, 15) is 0 Å². The Balaban J connectivity index is 2.19. The van der Waals surface area contributed by atoms with Gasteiger partial charge in [-0.3, -0.25) is 10.4 Å². The third kappa shape index (κ3) is 3.30. The Hall–Kier alpha value is -1.58. The highest BCUT2D eigenvalue weighted by atomic mass is 16.5. The molecule has 0 unspecified atom stereocenters. The van der Waals surface area contributed by atoms with E-state index in [2.05, 4.69) is 18.8 Å². The molecule has 1 aromatic heterocycles. The lowest BCUT2D eigenvalue weighted by molar-refractivity contribution is 0.0984. The van der Waals surface area contributed by atoms with Crippen LogP contribution in [0.2, 0.25) is 0 Å². The number of hydrogen-bond acceptors (Lipinski definition) is 3. The van der Waals surface area contributed by atoms with E-state index in [1.165, 1.54) is 12.8 Å². The van der Waals surface area contributed by atoms with Crippen LogP contribution < -0.4 is 10.5 Å². The molecule has 1 aromatic rings. The number of hydrogen-bond donors (Lipinski definition) is 2. The lowest BCUT2D eigenvalue weighted by Gasteiger charge is -2.34. The van der Waals surface area contributed by atoms with Crippen molar-refractivity contribution in [3.63, 3.8) is 0 Å². The zero-order chi connectivity index (χ0) is 14.9. The van der Waals surface area contributed by atoms with Crippen molar-refractivity contribution in [1.29, 1.82) is 5.41 Å². The van der Waals surface area contributed by atoms with E-state index in [0.29, 0.717) is 16.7 Å². The van der Waals surface area contributed by atoms with Crippen molar-refractivity contribution in [2.75, 3.05) is 0 Å². The zero-order valence-electron chi connectivity index (χ0n) is 12.9. The Morgan fingerprint density at radius 3 is 2.50 bits per heavy atom. The number of nitrogens with zero attached hydrogens (tertiary/aromatic N) is 1. The minimum absolute atomic E-state index is 0.0288. The molecule has 3 N–H and O–H groups in total. The van der Waals surface area contributed by atoms with Gasteiger partial charge >= 0.3 is 0 Å². The monoisotopic (exact) mass is 275 g/mol. The SMILES string of the molecule is Cc1cc(OC2CCC(C)(C)CC2)c(C(=N)N)c(C)n1. The van der Waals surface area contributed by atoms with Gasteiger partial charge in [-0.15, -0.1) is 0 Å². The minimum Gasteiger partial charge on any atom is -0.490 e. The van der Waals surface area contributed by atoms with Gasteiger partial charge in [0.1, 0.15) is 11.6 Å². The van der Waals surface area contributed by atoms with Gasteiger partial charge in [0.05, 0.1) is 17.4 Å². The molecule has 0 amide bonds. The second kappa shape index (κ2) is 5.43. The van der Waals surface area contributed by atoms with E-state index in [-0.39, 0.29) is 11.9 Å². The summed E-state index contributed by atoms with van der Waals surface area (Å²) >= 11 is 0. The highest BCUT2D eigenvalue weighted by Crippen LogP contribution is 2.37. The molecular weight excluding hydrogens is 250 g/mol. The molecule has 20 heavy (non-hydrogen) atoms. The van der Waals surface area contributed by atoms with Crippen LogP contribution >= 0.6 is 0 Å². The summed E-state index contributed by atoms with van der Waals surface area (Å²) in [6.45, 7) is 8.43. The number of aryl methyl sites for hydroxylation is 2. The highest BCUT2D eigenvalue weighted by molar-refractivity contribution is 5.98. The van der Waals surface area contributed by atoms with E-state index in [4.69, 9.17) is 15.9 Å². The predicted molar refractivity (Wildman–Crippen MR) is 81.4 cm³/mol. The average Bonchev–Trinajstić information content (AvgIpc) is 2.30. The maximum absolute atomic E-state index is 7.73. The predicted octanol–water partition coefficient (Wildman–Crippen LogP) is 3.33. The fourth-order valence-electron chi connectivity index (χ4n) is 2.88. The third-order valence-electron chi connectivity index (χ3n) is 4.14. The lowest BCUT2D eigenvalue weighted by Crippen LogP contribution is -2.29. The number of nitrogens with two attached hydrogens (primary N) is 1. The first-order valence-electron chi connectivity index (χ1n) is 7.28. The van der Waals surface area contributed by atoms with Crippen LogP contribution in [0.15, 0.2) is 6.07 Å². The molecule has 0 spiro atoms. The topological polar surface area (TPSA) is 72.0 Å². The summed E-state index contributed by atoms with van der Waals surface area (Å²) in [5, 5.41) is 7.73. The molecule has 1 fully saturated rings. The Labute approximate surface area is 121 Å². The van der Waals surface area contributed by atoms with Crippen molar-refractivity contribution >= 4 is 5.84 Å². The molecule has 1 saturated carbocycles. The number of ether oxygens (including phenoxy) is 1. The van der Waals surface area contributed by atoms with Gasteiger partial charge in [-0.25, -0.2) is 0 Å².